The summed E-state index contributed by atoms with van der Waals surface area (Å²) in [6.07, 6.45) is 1.42. The maximum absolute atomic E-state index is 11.4. The van der Waals surface area contributed by atoms with Crippen molar-refractivity contribution in [3.05, 3.63) is 11.2 Å². The van der Waals surface area contributed by atoms with Crippen LogP contribution in [0.15, 0.2) is 6.33 Å². The quantitative estimate of drug-likeness (QED) is 0.761. The van der Waals surface area contributed by atoms with Crippen molar-refractivity contribution in [2.75, 3.05) is 25.2 Å². The predicted molar refractivity (Wildman–Crippen MR) is 62.7 cm³/mol. The van der Waals surface area contributed by atoms with Crippen LogP contribution < -0.4 is 11.1 Å². The number of nitrogens with zero attached hydrogens (tertiary/aromatic N) is 2. The van der Waals surface area contributed by atoms with E-state index in [1.54, 1.807) is 7.05 Å². The van der Waals surface area contributed by atoms with Gasteiger partial charge < -0.3 is 15.8 Å². The van der Waals surface area contributed by atoms with Crippen LogP contribution in [0.5, 0.6) is 0 Å². The van der Waals surface area contributed by atoms with Crippen LogP contribution in [0.2, 0.25) is 0 Å². The second-order valence-electron chi connectivity index (χ2n) is 2.99. The van der Waals surface area contributed by atoms with E-state index >= 15 is 0 Å². The fraction of sp³-hybridized carbons (Fsp3) is 0.222. The highest BCUT2D eigenvalue weighted by Gasteiger charge is 2.19. The van der Waals surface area contributed by atoms with Crippen molar-refractivity contribution in [2.45, 2.75) is 0 Å². The number of carbonyl (C=O) groups excluding carboxylic acids is 1. The van der Waals surface area contributed by atoms with Gasteiger partial charge in [0, 0.05) is 7.05 Å². The number of esters is 1. The van der Waals surface area contributed by atoms with Crippen LogP contribution in [0, 0.1) is 0 Å². The molecule has 0 aliphatic heterocycles. The first-order chi connectivity index (χ1) is 7.69. The number of methoxy groups -OCH3 is 1. The first kappa shape index (κ1) is 10.6. The number of hydrogen-bond acceptors (Lipinski definition) is 7. The minimum atomic E-state index is -0.456. The molecule has 0 saturated heterocycles. The van der Waals surface area contributed by atoms with Crippen molar-refractivity contribution < 1.29 is 9.53 Å². The Labute approximate surface area is 95.5 Å². The van der Waals surface area contributed by atoms with Crippen LogP contribution in [0.4, 0.5) is 11.5 Å². The number of rotatable bonds is 2. The van der Waals surface area contributed by atoms with Crippen LogP contribution in [-0.2, 0) is 4.74 Å². The molecule has 0 unspecified atom stereocenters. The maximum atomic E-state index is 11.4. The van der Waals surface area contributed by atoms with Gasteiger partial charge in [0.1, 0.15) is 21.9 Å². The number of aromatic nitrogens is 2. The van der Waals surface area contributed by atoms with E-state index in [1.807, 2.05) is 0 Å². The number of anilines is 2. The highest BCUT2D eigenvalue weighted by molar-refractivity contribution is 7.21. The summed E-state index contributed by atoms with van der Waals surface area (Å²) >= 11 is 1.20. The molecule has 2 heterocycles. The third kappa shape index (κ3) is 1.45. The minimum Gasteiger partial charge on any atom is -0.465 e. The third-order valence-electron chi connectivity index (χ3n) is 2.13. The lowest BCUT2D eigenvalue weighted by molar-refractivity contribution is 0.0607. The van der Waals surface area contributed by atoms with Gasteiger partial charge in [-0.05, 0) is 0 Å². The molecule has 84 valence electrons. The molecule has 0 radical (unpaired) electrons. The highest BCUT2D eigenvalue weighted by atomic mass is 32.1. The SMILES string of the molecule is CNc1ncnc2sc(C(=O)OC)c(N)c12. The normalized spacial score (nSPS) is 10.4. The van der Waals surface area contributed by atoms with Crippen LogP contribution in [-0.4, -0.2) is 30.1 Å². The van der Waals surface area contributed by atoms with Crippen molar-refractivity contribution in [3.63, 3.8) is 0 Å². The van der Waals surface area contributed by atoms with E-state index in [4.69, 9.17) is 5.73 Å². The summed E-state index contributed by atoms with van der Waals surface area (Å²) in [7, 11) is 3.05. The molecule has 16 heavy (non-hydrogen) atoms. The summed E-state index contributed by atoms with van der Waals surface area (Å²) in [6.45, 7) is 0. The zero-order valence-corrected chi connectivity index (χ0v) is 9.59. The van der Waals surface area contributed by atoms with Gasteiger partial charge in [0.15, 0.2) is 0 Å². The van der Waals surface area contributed by atoms with Crippen molar-refractivity contribution in [3.8, 4) is 0 Å². The Bertz CT molecular complexity index is 552. The van der Waals surface area contributed by atoms with Gasteiger partial charge in [-0.3, -0.25) is 0 Å². The molecule has 2 rings (SSSR count). The number of thiophene rings is 1. The molecule has 0 atom stereocenters. The van der Waals surface area contributed by atoms with Gasteiger partial charge in [-0.1, -0.05) is 0 Å². The smallest absolute Gasteiger partial charge is 0.350 e. The van der Waals surface area contributed by atoms with E-state index in [9.17, 15) is 4.79 Å². The molecule has 7 heteroatoms. The average Bonchev–Trinajstić information content (AvgIpc) is 2.66. The molecule has 0 aromatic carbocycles. The first-order valence-electron chi connectivity index (χ1n) is 4.48. The molecule has 6 nitrogen and oxygen atoms in total. The topological polar surface area (TPSA) is 90.1 Å². The molecule has 3 N–H and O–H groups in total. The Kier molecular flexibility index (Phi) is 2.61. The van der Waals surface area contributed by atoms with Crippen molar-refractivity contribution in [1.29, 1.82) is 0 Å². The summed E-state index contributed by atoms with van der Waals surface area (Å²) in [5.74, 6) is 0.149. The number of fused-ring (bicyclic) bond motifs is 1. The molecule has 2 aromatic heterocycles. The molecule has 0 fully saturated rings. The fourth-order valence-corrected chi connectivity index (χ4v) is 2.37. The Morgan fingerprint density at radius 1 is 1.56 bits per heavy atom. The van der Waals surface area contributed by atoms with E-state index in [2.05, 4.69) is 20.0 Å². The van der Waals surface area contributed by atoms with E-state index in [0.29, 0.717) is 26.6 Å². The lowest BCUT2D eigenvalue weighted by atomic mass is 10.3. The van der Waals surface area contributed by atoms with Gasteiger partial charge >= 0.3 is 5.97 Å². The summed E-state index contributed by atoms with van der Waals surface area (Å²) in [6, 6.07) is 0. The van der Waals surface area contributed by atoms with Crippen molar-refractivity contribution >= 4 is 39.0 Å². The highest BCUT2D eigenvalue weighted by Crippen LogP contribution is 2.35. The average molecular weight is 238 g/mol. The second kappa shape index (κ2) is 3.93. The van der Waals surface area contributed by atoms with Gasteiger partial charge in [-0.15, -0.1) is 11.3 Å². The molecule has 0 aliphatic carbocycles. The minimum absolute atomic E-state index is 0.356. The molecule has 0 aliphatic rings. The molecular weight excluding hydrogens is 228 g/mol. The Balaban J connectivity index is 2.73. The van der Waals surface area contributed by atoms with E-state index in [-0.39, 0.29) is 0 Å². The van der Waals surface area contributed by atoms with Gasteiger partial charge in [0.2, 0.25) is 0 Å². The van der Waals surface area contributed by atoms with E-state index in [1.165, 1.54) is 24.8 Å². The maximum Gasteiger partial charge on any atom is 0.350 e. The Hall–Kier alpha value is -1.89. The van der Waals surface area contributed by atoms with Crippen LogP contribution in [0.25, 0.3) is 10.2 Å². The second-order valence-corrected chi connectivity index (χ2v) is 3.99. The molecule has 0 spiro atoms. The van der Waals surface area contributed by atoms with Crippen molar-refractivity contribution in [2.24, 2.45) is 0 Å². The molecule has 0 bridgehead atoms. The summed E-state index contributed by atoms with van der Waals surface area (Å²) < 4.78 is 4.64. The van der Waals surface area contributed by atoms with Gasteiger partial charge in [0.25, 0.3) is 0 Å². The summed E-state index contributed by atoms with van der Waals surface area (Å²) in [4.78, 5) is 20.6. The molecular formula is C9H10N4O2S. The first-order valence-corrected chi connectivity index (χ1v) is 5.29. The lowest BCUT2D eigenvalue weighted by Crippen LogP contribution is -2.02. The van der Waals surface area contributed by atoms with Crippen LogP contribution >= 0.6 is 11.3 Å². The molecule has 2 aromatic rings. The zero-order valence-electron chi connectivity index (χ0n) is 8.77. The molecule has 0 saturated carbocycles. The Morgan fingerprint density at radius 3 is 2.94 bits per heavy atom. The van der Waals surface area contributed by atoms with E-state index in [0.717, 1.165) is 0 Å². The number of hydrogen-bond donors (Lipinski definition) is 2. The number of carbonyl (C=O) groups is 1. The standard InChI is InChI=1S/C9H10N4O2S/c1-11-7-4-5(10)6(9(14)15-2)16-8(4)13-3-12-7/h3H,10H2,1-2H3,(H,11,12,13). The number of nitrogens with one attached hydrogen (secondary N) is 1. The van der Waals surface area contributed by atoms with Gasteiger partial charge in [-0.2, -0.15) is 0 Å². The zero-order chi connectivity index (χ0) is 11.7. The largest absolute Gasteiger partial charge is 0.465 e. The Morgan fingerprint density at radius 2 is 2.31 bits per heavy atom. The van der Waals surface area contributed by atoms with Crippen LogP contribution in [0.1, 0.15) is 9.67 Å². The van der Waals surface area contributed by atoms with Gasteiger partial charge in [0.05, 0.1) is 18.2 Å². The van der Waals surface area contributed by atoms with E-state index < -0.39 is 5.97 Å². The third-order valence-corrected chi connectivity index (χ3v) is 3.23. The van der Waals surface area contributed by atoms with Gasteiger partial charge in [-0.25, -0.2) is 14.8 Å². The monoisotopic (exact) mass is 238 g/mol. The number of nitrogens with two attached hydrogens (primary N) is 1. The lowest BCUT2D eigenvalue weighted by Gasteiger charge is -2.00. The summed E-state index contributed by atoms with van der Waals surface area (Å²) in [5, 5.41) is 3.57. The number of ether oxygens (including phenoxy) is 1. The fourth-order valence-electron chi connectivity index (χ4n) is 1.39. The van der Waals surface area contributed by atoms with Crippen LogP contribution in [0.3, 0.4) is 0 Å². The summed E-state index contributed by atoms with van der Waals surface area (Å²) in [5.41, 5.74) is 6.24. The number of nitrogen functional groups attached to an aromatic ring is 1. The van der Waals surface area contributed by atoms with Crippen molar-refractivity contribution in [1.82, 2.24) is 9.97 Å². The molecule has 0 amide bonds. The predicted octanol–water partition coefficient (Wildman–Crippen LogP) is 1.10.